The number of benzene rings is 1. The van der Waals surface area contributed by atoms with E-state index in [1.807, 2.05) is 36.5 Å². The summed E-state index contributed by atoms with van der Waals surface area (Å²) in [6.45, 7) is 0. The lowest BCUT2D eigenvalue weighted by Crippen LogP contribution is -2.23. The fourth-order valence-corrected chi connectivity index (χ4v) is 3.02. The molecular formula is C20H17N3O2. The molecule has 124 valence electrons. The van der Waals surface area contributed by atoms with Crippen LogP contribution in [0.4, 0.5) is 5.69 Å². The van der Waals surface area contributed by atoms with Crippen molar-refractivity contribution in [2.45, 2.75) is 12.8 Å². The summed E-state index contributed by atoms with van der Waals surface area (Å²) in [4.78, 5) is 20.6. The second-order valence-electron chi connectivity index (χ2n) is 6.05. The van der Waals surface area contributed by atoms with Gasteiger partial charge in [-0.2, -0.15) is 0 Å². The first-order chi connectivity index (χ1) is 12.3. The van der Waals surface area contributed by atoms with Gasteiger partial charge in [0.1, 0.15) is 11.5 Å². The van der Waals surface area contributed by atoms with E-state index in [1.54, 1.807) is 30.7 Å². The van der Waals surface area contributed by atoms with E-state index in [9.17, 15) is 4.79 Å². The normalized spacial score (nSPS) is 15.4. The summed E-state index contributed by atoms with van der Waals surface area (Å²) in [5, 5.41) is 2.98. The summed E-state index contributed by atoms with van der Waals surface area (Å²) >= 11 is 0. The van der Waals surface area contributed by atoms with Gasteiger partial charge in [-0.3, -0.25) is 14.8 Å². The maximum Gasteiger partial charge on any atom is 0.228 e. The van der Waals surface area contributed by atoms with E-state index in [1.165, 1.54) is 11.1 Å². The molecule has 0 fully saturated rings. The molecule has 2 heterocycles. The highest BCUT2D eigenvalue weighted by atomic mass is 16.5. The van der Waals surface area contributed by atoms with Crippen LogP contribution >= 0.6 is 0 Å². The van der Waals surface area contributed by atoms with E-state index in [4.69, 9.17) is 4.74 Å². The Labute approximate surface area is 145 Å². The standard InChI is InChI=1S/C20H17N3O2/c24-20(15-11-14-5-8-22-13-16(14)12-15)23-17-1-3-18(4-2-17)25-19-6-9-21-10-7-19/h1-10,13,15H,11-12H2,(H,23,24). The third-order valence-electron chi connectivity index (χ3n) is 4.32. The fraction of sp³-hybridized carbons (Fsp3) is 0.150. The third-order valence-corrected chi connectivity index (χ3v) is 4.32. The Morgan fingerprint density at radius 3 is 2.32 bits per heavy atom. The Hall–Kier alpha value is -3.21. The predicted octanol–water partition coefficient (Wildman–Crippen LogP) is 3.62. The summed E-state index contributed by atoms with van der Waals surface area (Å²) in [7, 11) is 0. The Morgan fingerprint density at radius 1 is 0.880 bits per heavy atom. The zero-order valence-electron chi connectivity index (χ0n) is 13.6. The van der Waals surface area contributed by atoms with Gasteiger partial charge < -0.3 is 10.1 Å². The van der Waals surface area contributed by atoms with Gasteiger partial charge in [0.2, 0.25) is 5.91 Å². The van der Waals surface area contributed by atoms with E-state index in [2.05, 4.69) is 15.3 Å². The van der Waals surface area contributed by atoms with Crippen molar-refractivity contribution in [2.75, 3.05) is 5.32 Å². The monoisotopic (exact) mass is 331 g/mol. The number of nitrogens with one attached hydrogen (secondary N) is 1. The molecule has 0 saturated carbocycles. The van der Waals surface area contributed by atoms with E-state index in [0.717, 1.165) is 24.3 Å². The van der Waals surface area contributed by atoms with Crippen LogP contribution in [0.1, 0.15) is 11.1 Å². The highest BCUT2D eigenvalue weighted by Gasteiger charge is 2.27. The number of fused-ring (bicyclic) bond motifs is 1. The fourth-order valence-electron chi connectivity index (χ4n) is 3.02. The van der Waals surface area contributed by atoms with E-state index in [0.29, 0.717) is 5.75 Å². The lowest BCUT2D eigenvalue weighted by molar-refractivity contribution is -0.119. The molecule has 3 aromatic rings. The molecule has 1 amide bonds. The van der Waals surface area contributed by atoms with Crippen LogP contribution in [0, 0.1) is 5.92 Å². The van der Waals surface area contributed by atoms with Gasteiger partial charge in [-0.15, -0.1) is 0 Å². The van der Waals surface area contributed by atoms with Crippen molar-refractivity contribution in [3.8, 4) is 11.5 Å². The number of rotatable bonds is 4. The van der Waals surface area contributed by atoms with Crippen LogP contribution in [0.3, 0.4) is 0 Å². The van der Waals surface area contributed by atoms with Crippen LogP contribution in [0.5, 0.6) is 11.5 Å². The van der Waals surface area contributed by atoms with Crippen LogP contribution in [0.2, 0.25) is 0 Å². The van der Waals surface area contributed by atoms with Crippen molar-refractivity contribution in [1.29, 1.82) is 0 Å². The van der Waals surface area contributed by atoms with Crippen molar-refractivity contribution >= 4 is 11.6 Å². The summed E-state index contributed by atoms with van der Waals surface area (Å²) < 4.78 is 5.72. The molecule has 1 atom stereocenters. The number of carbonyl (C=O) groups is 1. The summed E-state index contributed by atoms with van der Waals surface area (Å²) in [5.41, 5.74) is 3.15. The number of amides is 1. The van der Waals surface area contributed by atoms with Gasteiger partial charge in [0, 0.05) is 36.4 Å². The minimum atomic E-state index is -0.0352. The average molecular weight is 331 g/mol. The summed E-state index contributed by atoms with van der Waals surface area (Å²) in [5.74, 6) is 1.44. The molecule has 1 aliphatic carbocycles. The second kappa shape index (κ2) is 6.73. The molecule has 0 aliphatic heterocycles. The Bertz CT molecular complexity index is 854. The molecule has 2 aromatic heterocycles. The first kappa shape index (κ1) is 15.3. The van der Waals surface area contributed by atoms with E-state index < -0.39 is 0 Å². The molecule has 0 saturated heterocycles. The van der Waals surface area contributed by atoms with Crippen molar-refractivity contribution < 1.29 is 9.53 Å². The van der Waals surface area contributed by atoms with Gasteiger partial charge in [0.25, 0.3) is 0 Å². The van der Waals surface area contributed by atoms with Gasteiger partial charge in [-0.05, 0) is 66.4 Å². The van der Waals surface area contributed by atoms with Gasteiger partial charge >= 0.3 is 0 Å². The number of hydrogen-bond acceptors (Lipinski definition) is 4. The van der Waals surface area contributed by atoms with Crippen LogP contribution in [-0.2, 0) is 17.6 Å². The maximum absolute atomic E-state index is 12.5. The molecule has 0 spiro atoms. The smallest absolute Gasteiger partial charge is 0.228 e. The molecule has 4 rings (SSSR count). The van der Waals surface area contributed by atoms with Gasteiger partial charge in [-0.25, -0.2) is 0 Å². The van der Waals surface area contributed by atoms with Crippen LogP contribution in [0.15, 0.2) is 67.3 Å². The molecule has 25 heavy (non-hydrogen) atoms. The topological polar surface area (TPSA) is 64.1 Å². The van der Waals surface area contributed by atoms with E-state index in [-0.39, 0.29) is 11.8 Å². The van der Waals surface area contributed by atoms with Crippen LogP contribution in [0.25, 0.3) is 0 Å². The molecule has 5 nitrogen and oxygen atoms in total. The first-order valence-electron chi connectivity index (χ1n) is 8.18. The number of hydrogen-bond donors (Lipinski definition) is 1. The van der Waals surface area contributed by atoms with Crippen LogP contribution < -0.4 is 10.1 Å². The first-order valence-corrected chi connectivity index (χ1v) is 8.18. The average Bonchev–Trinajstić information content (AvgIpc) is 3.09. The predicted molar refractivity (Wildman–Crippen MR) is 94.5 cm³/mol. The van der Waals surface area contributed by atoms with Gasteiger partial charge in [0.05, 0.1) is 0 Å². The Kier molecular flexibility index (Phi) is 4.12. The molecule has 0 radical (unpaired) electrons. The number of aromatic nitrogens is 2. The Morgan fingerprint density at radius 2 is 1.56 bits per heavy atom. The zero-order chi connectivity index (χ0) is 17.1. The SMILES string of the molecule is O=C(Nc1ccc(Oc2ccncc2)cc1)C1Cc2ccncc2C1. The zero-order valence-corrected chi connectivity index (χ0v) is 13.6. The molecule has 1 N–H and O–H groups in total. The van der Waals surface area contributed by atoms with Crippen LogP contribution in [-0.4, -0.2) is 15.9 Å². The number of nitrogens with zero attached hydrogens (tertiary/aromatic N) is 2. The van der Waals surface area contributed by atoms with Crippen molar-refractivity contribution in [3.05, 3.63) is 78.4 Å². The minimum Gasteiger partial charge on any atom is -0.457 e. The summed E-state index contributed by atoms with van der Waals surface area (Å²) in [6, 6.07) is 12.9. The van der Waals surface area contributed by atoms with Crippen molar-refractivity contribution in [3.63, 3.8) is 0 Å². The van der Waals surface area contributed by atoms with Gasteiger partial charge in [-0.1, -0.05) is 0 Å². The highest BCUT2D eigenvalue weighted by molar-refractivity contribution is 5.93. The van der Waals surface area contributed by atoms with Gasteiger partial charge in [0.15, 0.2) is 0 Å². The minimum absolute atomic E-state index is 0.0352. The Balaban J connectivity index is 1.38. The molecular weight excluding hydrogens is 314 g/mol. The van der Waals surface area contributed by atoms with Crippen molar-refractivity contribution in [1.82, 2.24) is 9.97 Å². The molecule has 1 aromatic carbocycles. The molecule has 1 aliphatic rings. The number of pyridine rings is 2. The second-order valence-corrected chi connectivity index (χ2v) is 6.05. The lowest BCUT2D eigenvalue weighted by atomic mass is 10.1. The molecule has 5 heteroatoms. The number of ether oxygens (including phenoxy) is 1. The molecule has 0 bridgehead atoms. The molecule has 1 unspecified atom stereocenters. The highest BCUT2D eigenvalue weighted by Crippen LogP contribution is 2.27. The summed E-state index contributed by atoms with van der Waals surface area (Å²) in [6.07, 6.45) is 8.51. The largest absolute Gasteiger partial charge is 0.457 e. The third kappa shape index (κ3) is 3.50. The lowest BCUT2D eigenvalue weighted by Gasteiger charge is -2.11. The number of carbonyl (C=O) groups excluding carboxylic acids is 1. The quantitative estimate of drug-likeness (QED) is 0.793. The van der Waals surface area contributed by atoms with E-state index >= 15 is 0 Å². The number of anilines is 1. The maximum atomic E-state index is 12.5. The van der Waals surface area contributed by atoms with Crippen molar-refractivity contribution in [2.24, 2.45) is 5.92 Å².